The van der Waals surface area contributed by atoms with Crippen LogP contribution in [0.4, 0.5) is 0 Å². The maximum atomic E-state index is 11.7. The number of rotatable bonds is 4. The number of carbonyl (C=O) groups excluding carboxylic acids is 1. The van der Waals surface area contributed by atoms with E-state index in [1.54, 1.807) is 0 Å². The Labute approximate surface area is 98.2 Å². The van der Waals surface area contributed by atoms with E-state index in [0.29, 0.717) is 12.0 Å². The summed E-state index contributed by atoms with van der Waals surface area (Å²) in [6.07, 6.45) is 9.23. The summed E-state index contributed by atoms with van der Waals surface area (Å²) in [5, 5.41) is 3.58. The summed E-state index contributed by atoms with van der Waals surface area (Å²) in [5.74, 6) is 0.553. The van der Waals surface area contributed by atoms with Crippen molar-refractivity contribution in [3.8, 4) is 0 Å². The van der Waals surface area contributed by atoms with Crippen molar-refractivity contribution < 1.29 is 4.79 Å². The summed E-state index contributed by atoms with van der Waals surface area (Å²) >= 11 is 0. The van der Waals surface area contributed by atoms with Crippen molar-refractivity contribution in [1.29, 1.82) is 0 Å². The highest BCUT2D eigenvalue weighted by atomic mass is 16.1. The van der Waals surface area contributed by atoms with Crippen molar-refractivity contribution in [2.45, 2.75) is 69.9 Å². The molecule has 1 amide bonds. The van der Waals surface area contributed by atoms with Crippen LogP contribution >= 0.6 is 0 Å². The molecule has 2 saturated carbocycles. The zero-order valence-corrected chi connectivity index (χ0v) is 10.3. The Hall–Kier alpha value is -0.570. The minimum atomic E-state index is -0.379. The fourth-order valence-electron chi connectivity index (χ4n) is 3.38. The third kappa shape index (κ3) is 2.24. The maximum Gasteiger partial charge on any atom is 0.237 e. The molecule has 0 heterocycles. The zero-order chi connectivity index (χ0) is 11.6. The van der Waals surface area contributed by atoms with Gasteiger partial charge in [0, 0.05) is 6.04 Å². The van der Waals surface area contributed by atoms with Crippen LogP contribution in [0.1, 0.15) is 58.3 Å². The molecule has 92 valence electrons. The third-order valence-corrected chi connectivity index (χ3v) is 4.50. The van der Waals surface area contributed by atoms with Gasteiger partial charge in [0.25, 0.3) is 0 Å². The molecule has 3 N–H and O–H groups in total. The predicted molar refractivity (Wildman–Crippen MR) is 64.9 cm³/mol. The van der Waals surface area contributed by atoms with Gasteiger partial charge in [-0.1, -0.05) is 26.2 Å². The molecule has 0 bridgehead atoms. The first-order valence-electron chi connectivity index (χ1n) is 6.74. The summed E-state index contributed by atoms with van der Waals surface area (Å²) in [7, 11) is 0. The number of hydrogen-bond donors (Lipinski definition) is 2. The van der Waals surface area contributed by atoms with Gasteiger partial charge in [-0.15, -0.1) is 0 Å². The molecule has 2 fully saturated rings. The molecule has 16 heavy (non-hydrogen) atoms. The highest BCUT2D eigenvalue weighted by Crippen LogP contribution is 2.37. The molecule has 2 unspecified atom stereocenters. The van der Waals surface area contributed by atoms with Gasteiger partial charge in [0.15, 0.2) is 0 Å². The van der Waals surface area contributed by atoms with Crippen LogP contribution in [0.5, 0.6) is 0 Å². The van der Waals surface area contributed by atoms with E-state index in [2.05, 4.69) is 12.2 Å². The van der Waals surface area contributed by atoms with Crippen molar-refractivity contribution >= 4 is 5.91 Å². The summed E-state index contributed by atoms with van der Waals surface area (Å²) in [4.78, 5) is 11.7. The smallest absolute Gasteiger partial charge is 0.237 e. The molecule has 0 aliphatic heterocycles. The molecule has 3 nitrogen and oxygen atoms in total. The van der Waals surface area contributed by atoms with E-state index in [1.165, 1.54) is 32.1 Å². The van der Waals surface area contributed by atoms with E-state index in [0.717, 1.165) is 19.3 Å². The second-order valence-electron chi connectivity index (χ2n) is 5.59. The van der Waals surface area contributed by atoms with E-state index in [-0.39, 0.29) is 11.4 Å². The molecular formula is C13H24N2O. The van der Waals surface area contributed by atoms with E-state index in [9.17, 15) is 4.79 Å². The Balaban J connectivity index is 2.01. The molecule has 3 heteroatoms. The normalized spacial score (nSPS) is 35.7. The second-order valence-corrected chi connectivity index (χ2v) is 5.59. The molecule has 0 aromatic carbocycles. The molecule has 2 aliphatic rings. The monoisotopic (exact) mass is 224 g/mol. The van der Waals surface area contributed by atoms with E-state index in [4.69, 9.17) is 5.73 Å². The van der Waals surface area contributed by atoms with Crippen molar-refractivity contribution in [1.82, 2.24) is 5.32 Å². The highest BCUT2D eigenvalue weighted by Gasteiger charge is 2.44. The lowest BCUT2D eigenvalue weighted by Gasteiger charge is -2.31. The average molecular weight is 224 g/mol. The Kier molecular flexibility index (Phi) is 3.53. The highest BCUT2D eigenvalue weighted by molar-refractivity contribution is 5.85. The molecule has 0 saturated heterocycles. The summed E-state index contributed by atoms with van der Waals surface area (Å²) in [6, 6.07) is 0.531. The van der Waals surface area contributed by atoms with Crippen molar-refractivity contribution in [3.05, 3.63) is 0 Å². The van der Waals surface area contributed by atoms with Crippen LogP contribution in [0, 0.1) is 5.92 Å². The van der Waals surface area contributed by atoms with Gasteiger partial charge in [0.1, 0.15) is 0 Å². The van der Waals surface area contributed by atoms with Gasteiger partial charge < -0.3 is 11.1 Å². The molecule has 0 spiro atoms. The van der Waals surface area contributed by atoms with Crippen LogP contribution in [-0.4, -0.2) is 17.5 Å². The van der Waals surface area contributed by atoms with Crippen molar-refractivity contribution in [3.63, 3.8) is 0 Å². The first kappa shape index (κ1) is 11.9. The number of nitrogens with one attached hydrogen (secondary N) is 1. The zero-order valence-electron chi connectivity index (χ0n) is 10.3. The minimum absolute atomic E-state index is 0.129. The van der Waals surface area contributed by atoms with Crippen LogP contribution < -0.4 is 11.1 Å². The maximum absolute atomic E-state index is 11.7. The molecule has 2 aliphatic carbocycles. The van der Waals surface area contributed by atoms with E-state index in [1.807, 2.05) is 0 Å². The molecule has 0 aromatic rings. The van der Waals surface area contributed by atoms with Gasteiger partial charge in [0.2, 0.25) is 5.91 Å². The van der Waals surface area contributed by atoms with Crippen LogP contribution in [0.25, 0.3) is 0 Å². The summed E-state index contributed by atoms with van der Waals surface area (Å²) < 4.78 is 0. The summed E-state index contributed by atoms with van der Waals surface area (Å²) in [6.45, 7) is 2.21. The Morgan fingerprint density at radius 2 is 2.06 bits per heavy atom. The fraction of sp³-hybridized carbons (Fsp3) is 0.923. The van der Waals surface area contributed by atoms with Crippen LogP contribution in [-0.2, 0) is 4.79 Å². The fourth-order valence-corrected chi connectivity index (χ4v) is 3.38. The molecule has 2 atom stereocenters. The van der Waals surface area contributed by atoms with Crippen LogP contribution in [0.2, 0.25) is 0 Å². The largest absolute Gasteiger partial charge is 0.368 e. The predicted octanol–water partition coefficient (Wildman–Crippen LogP) is 1.95. The molecule has 0 aromatic heterocycles. The second kappa shape index (κ2) is 4.74. The van der Waals surface area contributed by atoms with Gasteiger partial charge in [-0.2, -0.15) is 0 Å². The number of hydrogen-bond acceptors (Lipinski definition) is 2. The average Bonchev–Trinajstić information content (AvgIpc) is 2.88. The lowest BCUT2D eigenvalue weighted by Crippen LogP contribution is -2.56. The number of amides is 1. The van der Waals surface area contributed by atoms with Crippen LogP contribution in [0.15, 0.2) is 0 Å². The Morgan fingerprint density at radius 3 is 2.56 bits per heavy atom. The molecular weight excluding hydrogens is 200 g/mol. The van der Waals surface area contributed by atoms with Gasteiger partial charge in [-0.05, 0) is 38.0 Å². The van der Waals surface area contributed by atoms with Crippen molar-refractivity contribution in [2.24, 2.45) is 11.7 Å². The van der Waals surface area contributed by atoms with Gasteiger partial charge in [0.05, 0.1) is 5.54 Å². The summed E-state index contributed by atoms with van der Waals surface area (Å²) in [5.41, 5.74) is 5.25. The first-order chi connectivity index (χ1) is 7.66. The Morgan fingerprint density at radius 1 is 1.38 bits per heavy atom. The lowest BCUT2D eigenvalue weighted by molar-refractivity contribution is -0.124. The number of carbonyl (C=O) groups is 1. The molecule has 0 radical (unpaired) electrons. The standard InChI is InChI=1S/C13H24N2O/c1-2-10-7-8-13(9-10,12(14)16)15-11-5-3-4-6-11/h10-11,15H,2-9H2,1H3,(H2,14,16). The minimum Gasteiger partial charge on any atom is -0.368 e. The van der Waals surface area contributed by atoms with Gasteiger partial charge in [-0.3, -0.25) is 4.79 Å². The first-order valence-corrected chi connectivity index (χ1v) is 6.74. The quantitative estimate of drug-likeness (QED) is 0.767. The third-order valence-electron chi connectivity index (χ3n) is 4.50. The lowest BCUT2D eigenvalue weighted by atomic mass is 9.92. The number of nitrogens with two attached hydrogens (primary N) is 1. The molecule has 2 rings (SSSR count). The van der Waals surface area contributed by atoms with Crippen LogP contribution in [0.3, 0.4) is 0 Å². The van der Waals surface area contributed by atoms with Gasteiger partial charge >= 0.3 is 0 Å². The van der Waals surface area contributed by atoms with Crippen molar-refractivity contribution in [2.75, 3.05) is 0 Å². The number of primary amides is 1. The Bertz CT molecular complexity index is 261. The van der Waals surface area contributed by atoms with Gasteiger partial charge in [-0.25, -0.2) is 0 Å². The topological polar surface area (TPSA) is 55.1 Å². The SMILES string of the molecule is CCC1CCC(NC2CCCC2)(C(N)=O)C1. The van der Waals surface area contributed by atoms with E-state index < -0.39 is 0 Å². The van der Waals surface area contributed by atoms with E-state index >= 15 is 0 Å².